The molecule has 142 valence electrons. The minimum Gasteiger partial charge on any atom is -0.497 e. The van der Waals surface area contributed by atoms with Crippen molar-refractivity contribution in [2.45, 2.75) is 18.4 Å². The van der Waals surface area contributed by atoms with Crippen molar-refractivity contribution >= 4 is 28.9 Å². The summed E-state index contributed by atoms with van der Waals surface area (Å²) in [4.78, 5) is 42.4. The molecular formula is C19H15N3O6. The van der Waals surface area contributed by atoms with Crippen molar-refractivity contribution in [1.82, 2.24) is 0 Å². The first-order valence-corrected chi connectivity index (χ1v) is 8.45. The average Bonchev–Trinajstić information content (AvgIpc) is 3.23. The van der Waals surface area contributed by atoms with E-state index in [-0.39, 0.29) is 24.4 Å². The van der Waals surface area contributed by atoms with Crippen molar-refractivity contribution in [3.05, 3.63) is 64.2 Å². The second kappa shape index (κ2) is 6.45. The highest BCUT2D eigenvalue weighted by Crippen LogP contribution is 2.39. The van der Waals surface area contributed by atoms with Gasteiger partial charge in [0.05, 0.1) is 29.9 Å². The molecule has 0 aromatic heterocycles. The number of benzene rings is 2. The van der Waals surface area contributed by atoms with E-state index in [0.29, 0.717) is 22.7 Å². The summed E-state index contributed by atoms with van der Waals surface area (Å²) in [7, 11) is 1.53. The lowest BCUT2D eigenvalue weighted by Crippen LogP contribution is -2.40. The first-order chi connectivity index (χ1) is 13.4. The Balaban J connectivity index is 1.56. The van der Waals surface area contributed by atoms with Crippen LogP contribution in [0.3, 0.4) is 0 Å². The smallest absolute Gasteiger partial charge is 0.281 e. The van der Waals surface area contributed by atoms with E-state index in [1.54, 1.807) is 36.4 Å². The molecule has 0 saturated carbocycles. The molecule has 2 aliphatic rings. The SMILES string of the molecule is COc1ccc(N2C(=O)C[C@]3(CC(c4ccc([N+](=O)[O-])cc4)=NO3)C2=O)cc1. The number of ether oxygens (including phenoxy) is 1. The Bertz CT molecular complexity index is 999. The number of hydrogen-bond acceptors (Lipinski definition) is 7. The van der Waals surface area contributed by atoms with Gasteiger partial charge in [-0.2, -0.15) is 0 Å². The summed E-state index contributed by atoms with van der Waals surface area (Å²) < 4.78 is 5.09. The number of nitro benzene ring substituents is 1. The predicted octanol–water partition coefficient (Wildman–Crippen LogP) is 2.43. The molecule has 2 heterocycles. The van der Waals surface area contributed by atoms with Gasteiger partial charge in [-0.25, -0.2) is 4.90 Å². The summed E-state index contributed by atoms with van der Waals surface area (Å²) >= 11 is 0. The van der Waals surface area contributed by atoms with Crippen LogP contribution in [-0.2, 0) is 14.4 Å². The number of rotatable bonds is 4. The Morgan fingerprint density at radius 1 is 1.11 bits per heavy atom. The number of imide groups is 1. The highest BCUT2D eigenvalue weighted by molar-refractivity contribution is 6.25. The number of hydrogen-bond donors (Lipinski definition) is 0. The van der Waals surface area contributed by atoms with Crippen LogP contribution in [0.1, 0.15) is 18.4 Å². The van der Waals surface area contributed by atoms with Crippen molar-refractivity contribution in [2.75, 3.05) is 12.0 Å². The van der Waals surface area contributed by atoms with Crippen LogP contribution in [0.15, 0.2) is 53.7 Å². The standard InChI is InChI=1S/C19H15N3O6/c1-27-15-8-6-13(7-9-15)21-17(23)11-19(18(21)24)10-16(20-28-19)12-2-4-14(5-3-12)22(25)26/h2-9H,10-11H2,1H3/t19-/m1/s1. The molecule has 0 unspecified atom stereocenters. The molecule has 1 fully saturated rings. The van der Waals surface area contributed by atoms with Gasteiger partial charge in [-0.05, 0) is 42.0 Å². The monoisotopic (exact) mass is 381 g/mol. The fraction of sp³-hybridized carbons (Fsp3) is 0.211. The summed E-state index contributed by atoms with van der Waals surface area (Å²) in [5.41, 5.74) is 0.0720. The molecule has 4 rings (SSSR count). The van der Waals surface area contributed by atoms with E-state index in [1.807, 2.05) is 0 Å². The van der Waals surface area contributed by atoms with Gasteiger partial charge in [0.25, 0.3) is 11.6 Å². The van der Waals surface area contributed by atoms with Gasteiger partial charge in [-0.3, -0.25) is 19.7 Å². The zero-order valence-corrected chi connectivity index (χ0v) is 14.8. The molecule has 0 aliphatic carbocycles. The second-order valence-electron chi connectivity index (χ2n) is 6.51. The van der Waals surface area contributed by atoms with Crippen LogP contribution in [0.2, 0.25) is 0 Å². The van der Waals surface area contributed by atoms with Gasteiger partial charge >= 0.3 is 0 Å². The molecule has 2 aliphatic heterocycles. The molecule has 2 aromatic carbocycles. The highest BCUT2D eigenvalue weighted by Gasteiger charge is 2.58. The van der Waals surface area contributed by atoms with Gasteiger partial charge < -0.3 is 9.57 Å². The Hall–Kier alpha value is -3.75. The third kappa shape index (κ3) is 2.77. The first kappa shape index (κ1) is 17.7. The van der Waals surface area contributed by atoms with E-state index in [9.17, 15) is 19.7 Å². The van der Waals surface area contributed by atoms with Gasteiger partial charge in [0.15, 0.2) is 0 Å². The van der Waals surface area contributed by atoms with Gasteiger partial charge in [-0.1, -0.05) is 5.16 Å². The average molecular weight is 381 g/mol. The Labute approximate surface area is 159 Å². The number of non-ortho nitro benzene ring substituents is 1. The van der Waals surface area contributed by atoms with E-state index < -0.39 is 16.4 Å². The summed E-state index contributed by atoms with van der Waals surface area (Å²) in [6, 6.07) is 12.4. The molecule has 9 heteroatoms. The van der Waals surface area contributed by atoms with Crippen molar-refractivity contribution < 1.29 is 24.1 Å². The number of nitro groups is 1. The molecule has 0 bridgehead atoms. The lowest BCUT2D eigenvalue weighted by Gasteiger charge is -2.19. The third-order valence-corrected chi connectivity index (χ3v) is 4.80. The summed E-state index contributed by atoms with van der Waals surface area (Å²) in [5.74, 6) is -0.253. The number of carbonyl (C=O) groups excluding carboxylic acids is 2. The van der Waals surface area contributed by atoms with Crippen LogP contribution in [0.25, 0.3) is 0 Å². The fourth-order valence-electron chi connectivity index (χ4n) is 3.33. The van der Waals surface area contributed by atoms with Crippen LogP contribution >= 0.6 is 0 Å². The molecule has 1 saturated heterocycles. The van der Waals surface area contributed by atoms with E-state index in [0.717, 1.165) is 4.90 Å². The van der Waals surface area contributed by atoms with Crippen molar-refractivity contribution in [2.24, 2.45) is 5.16 Å². The molecule has 9 nitrogen and oxygen atoms in total. The molecule has 1 spiro atoms. The van der Waals surface area contributed by atoms with Crippen molar-refractivity contribution in [3.8, 4) is 5.75 Å². The molecule has 0 radical (unpaired) electrons. The molecule has 1 atom stereocenters. The lowest BCUT2D eigenvalue weighted by molar-refractivity contribution is -0.384. The van der Waals surface area contributed by atoms with Crippen LogP contribution in [0.4, 0.5) is 11.4 Å². The minimum atomic E-state index is -1.38. The quantitative estimate of drug-likeness (QED) is 0.457. The first-order valence-electron chi connectivity index (χ1n) is 8.45. The Morgan fingerprint density at radius 3 is 2.39 bits per heavy atom. The maximum Gasteiger partial charge on any atom is 0.281 e. The maximum absolute atomic E-state index is 13.0. The zero-order chi connectivity index (χ0) is 19.9. The van der Waals surface area contributed by atoms with E-state index in [1.165, 1.54) is 19.2 Å². The van der Waals surface area contributed by atoms with Crippen LogP contribution in [0.5, 0.6) is 5.75 Å². The van der Waals surface area contributed by atoms with E-state index >= 15 is 0 Å². The highest BCUT2D eigenvalue weighted by atomic mass is 16.7. The van der Waals surface area contributed by atoms with Crippen molar-refractivity contribution in [1.29, 1.82) is 0 Å². The molecular weight excluding hydrogens is 366 g/mol. The molecule has 2 amide bonds. The van der Waals surface area contributed by atoms with Crippen molar-refractivity contribution in [3.63, 3.8) is 0 Å². The summed E-state index contributed by atoms with van der Waals surface area (Å²) in [5, 5.41) is 14.8. The number of oxime groups is 1. The number of nitrogens with zero attached hydrogens (tertiary/aromatic N) is 3. The van der Waals surface area contributed by atoms with E-state index in [2.05, 4.69) is 5.16 Å². The number of anilines is 1. The zero-order valence-electron chi connectivity index (χ0n) is 14.8. The number of carbonyl (C=O) groups is 2. The van der Waals surface area contributed by atoms with Gasteiger partial charge in [0, 0.05) is 18.6 Å². The predicted molar refractivity (Wildman–Crippen MR) is 98.2 cm³/mol. The number of amides is 2. The topological polar surface area (TPSA) is 111 Å². The normalized spacial score (nSPS) is 21.0. The van der Waals surface area contributed by atoms with Gasteiger partial charge in [-0.15, -0.1) is 0 Å². The fourth-order valence-corrected chi connectivity index (χ4v) is 3.33. The van der Waals surface area contributed by atoms with Crippen LogP contribution in [0, 0.1) is 10.1 Å². The summed E-state index contributed by atoms with van der Waals surface area (Å²) in [6.45, 7) is 0. The largest absolute Gasteiger partial charge is 0.497 e. The van der Waals surface area contributed by atoms with Gasteiger partial charge in [0.1, 0.15) is 5.75 Å². The van der Waals surface area contributed by atoms with Crippen LogP contribution in [-0.4, -0.2) is 35.2 Å². The minimum absolute atomic E-state index is 0.0456. The molecule has 28 heavy (non-hydrogen) atoms. The third-order valence-electron chi connectivity index (χ3n) is 4.80. The Kier molecular flexibility index (Phi) is 4.07. The lowest BCUT2D eigenvalue weighted by atomic mass is 9.92. The molecule has 2 aromatic rings. The second-order valence-corrected chi connectivity index (χ2v) is 6.51. The Morgan fingerprint density at radius 2 is 1.79 bits per heavy atom. The van der Waals surface area contributed by atoms with Crippen LogP contribution < -0.4 is 9.64 Å². The van der Waals surface area contributed by atoms with Gasteiger partial charge in [0.2, 0.25) is 11.5 Å². The van der Waals surface area contributed by atoms with E-state index in [4.69, 9.17) is 9.57 Å². The number of methoxy groups -OCH3 is 1. The molecule has 0 N–H and O–H groups in total. The maximum atomic E-state index is 13.0. The summed E-state index contributed by atoms with van der Waals surface area (Å²) in [6.07, 6.45) is -0.0140.